The molecule has 2 atom stereocenters. The van der Waals surface area contributed by atoms with Gasteiger partial charge in [-0.05, 0) is 30.9 Å². The van der Waals surface area contributed by atoms with Crippen molar-refractivity contribution in [2.24, 2.45) is 11.8 Å². The fraction of sp³-hybridized carbons (Fsp3) is 0.400. The molecule has 1 saturated carbocycles. The van der Waals surface area contributed by atoms with E-state index in [0.29, 0.717) is 17.3 Å². The van der Waals surface area contributed by atoms with Gasteiger partial charge in [0.2, 0.25) is 0 Å². The number of aryl methyl sites for hydroxylation is 1. The van der Waals surface area contributed by atoms with Gasteiger partial charge in [-0.1, -0.05) is 13.0 Å². The molecule has 3 rings (SSSR count). The highest BCUT2D eigenvalue weighted by Crippen LogP contribution is 2.38. The molecule has 0 unspecified atom stereocenters. The molecule has 104 valence electrons. The van der Waals surface area contributed by atoms with E-state index in [9.17, 15) is 9.59 Å². The molecule has 1 aliphatic rings. The third-order valence-electron chi connectivity index (χ3n) is 3.71. The number of rotatable bonds is 3. The fourth-order valence-electron chi connectivity index (χ4n) is 2.29. The Labute approximate surface area is 116 Å². The van der Waals surface area contributed by atoms with Crippen LogP contribution in [0.1, 0.15) is 24.6 Å². The van der Waals surface area contributed by atoms with Crippen LogP contribution in [0.15, 0.2) is 29.2 Å². The van der Waals surface area contributed by atoms with Crippen molar-refractivity contribution in [1.82, 2.24) is 9.38 Å². The lowest BCUT2D eigenvalue weighted by atomic mass is 10.3. The van der Waals surface area contributed by atoms with Crippen LogP contribution in [-0.4, -0.2) is 15.4 Å². The van der Waals surface area contributed by atoms with Gasteiger partial charge in [0.1, 0.15) is 12.3 Å². The normalized spacial score (nSPS) is 20.9. The van der Waals surface area contributed by atoms with Crippen LogP contribution in [0, 0.1) is 18.8 Å². The number of ether oxygens (including phenoxy) is 1. The van der Waals surface area contributed by atoms with Gasteiger partial charge in [0, 0.05) is 12.3 Å². The highest BCUT2D eigenvalue weighted by Gasteiger charge is 2.40. The molecule has 2 aromatic heterocycles. The number of hydrogen-bond donors (Lipinski definition) is 0. The van der Waals surface area contributed by atoms with E-state index in [1.807, 2.05) is 19.9 Å². The molecule has 0 saturated heterocycles. The lowest BCUT2D eigenvalue weighted by Gasteiger charge is -2.07. The quantitative estimate of drug-likeness (QED) is 0.798. The zero-order chi connectivity index (χ0) is 14.3. The first-order chi connectivity index (χ1) is 9.56. The molecular formula is C15H16N2O3. The molecular weight excluding hydrogens is 256 g/mol. The van der Waals surface area contributed by atoms with Gasteiger partial charge in [-0.3, -0.25) is 14.0 Å². The second-order valence-corrected chi connectivity index (χ2v) is 5.40. The van der Waals surface area contributed by atoms with Crippen LogP contribution < -0.4 is 5.56 Å². The molecule has 0 bridgehead atoms. The third kappa shape index (κ3) is 2.31. The molecule has 1 aliphatic carbocycles. The Hall–Kier alpha value is -2.17. The summed E-state index contributed by atoms with van der Waals surface area (Å²) in [7, 11) is 0. The van der Waals surface area contributed by atoms with Crippen LogP contribution in [0.5, 0.6) is 0 Å². The van der Waals surface area contributed by atoms with Crippen LogP contribution in [0.3, 0.4) is 0 Å². The van der Waals surface area contributed by atoms with E-state index in [2.05, 4.69) is 4.98 Å². The van der Waals surface area contributed by atoms with Crippen LogP contribution in [0.4, 0.5) is 0 Å². The summed E-state index contributed by atoms with van der Waals surface area (Å²) in [5.74, 6) is 0.252. The Balaban J connectivity index is 1.83. The van der Waals surface area contributed by atoms with Gasteiger partial charge in [0.05, 0.1) is 11.6 Å². The molecule has 0 spiro atoms. The largest absolute Gasteiger partial charge is 0.459 e. The Morgan fingerprint density at radius 2 is 2.30 bits per heavy atom. The second kappa shape index (κ2) is 4.74. The Bertz CT molecular complexity index is 735. The first kappa shape index (κ1) is 12.8. The molecule has 5 nitrogen and oxygen atoms in total. The molecule has 2 aromatic rings. The number of nitrogens with zero attached hydrogens (tertiary/aromatic N) is 2. The van der Waals surface area contributed by atoms with Crippen molar-refractivity contribution in [2.45, 2.75) is 26.9 Å². The zero-order valence-corrected chi connectivity index (χ0v) is 11.5. The highest BCUT2D eigenvalue weighted by molar-refractivity contribution is 5.75. The average Bonchev–Trinajstić information content (AvgIpc) is 3.14. The van der Waals surface area contributed by atoms with Crippen LogP contribution in [0.2, 0.25) is 0 Å². The van der Waals surface area contributed by atoms with Gasteiger partial charge < -0.3 is 4.74 Å². The molecule has 20 heavy (non-hydrogen) atoms. The lowest BCUT2D eigenvalue weighted by molar-refractivity contribution is -0.147. The predicted octanol–water partition coefficient (Wildman–Crippen LogP) is 1.70. The van der Waals surface area contributed by atoms with Gasteiger partial charge >= 0.3 is 5.97 Å². The number of pyridine rings is 1. The Morgan fingerprint density at radius 1 is 1.55 bits per heavy atom. The molecule has 0 N–H and O–H groups in total. The van der Waals surface area contributed by atoms with Gasteiger partial charge in [0.15, 0.2) is 0 Å². The number of carbonyl (C=O) groups is 1. The topological polar surface area (TPSA) is 60.7 Å². The molecule has 1 fully saturated rings. The summed E-state index contributed by atoms with van der Waals surface area (Å²) in [4.78, 5) is 28.0. The van der Waals surface area contributed by atoms with E-state index in [1.54, 1.807) is 12.3 Å². The van der Waals surface area contributed by atoms with E-state index in [4.69, 9.17) is 4.74 Å². The first-order valence-corrected chi connectivity index (χ1v) is 6.71. The van der Waals surface area contributed by atoms with E-state index < -0.39 is 0 Å². The summed E-state index contributed by atoms with van der Waals surface area (Å²) >= 11 is 0. The zero-order valence-electron chi connectivity index (χ0n) is 11.5. The molecule has 5 heteroatoms. The Kier molecular flexibility index (Phi) is 3.04. The van der Waals surface area contributed by atoms with Crippen molar-refractivity contribution >= 4 is 11.6 Å². The van der Waals surface area contributed by atoms with Crippen LogP contribution >= 0.6 is 0 Å². The maximum atomic E-state index is 12.0. The van der Waals surface area contributed by atoms with Crippen molar-refractivity contribution in [3.8, 4) is 0 Å². The molecule has 0 aromatic carbocycles. The van der Waals surface area contributed by atoms with E-state index in [0.717, 1.165) is 12.0 Å². The minimum atomic E-state index is -0.190. The number of fused-ring (bicyclic) bond motifs is 1. The molecule has 0 amide bonds. The first-order valence-electron chi connectivity index (χ1n) is 6.71. The average molecular weight is 272 g/mol. The van der Waals surface area contributed by atoms with E-state index in [-0.39, 0.29) is 24.1 Å². The monoisotopic (exact) mass is 272 g/mol. The maximum Gasteiger partial charge on any atom is 0.309 e. The minimum Gasteiger partial charge on any atom is -0.459 e. The third-order valence-corrected chi connectivity index (χ3v) is 3.71. The molecule has 2 heterocycles. The SMILES string of the molecule is Cc1cccn2c(=O)cc(COC(=O)[C@@H]3C[C@@H]3C)nc12. The van der Waals surface area contributed by atoms with Crippen molar-refractivity contribution in [2.75, 3.05) is 0 Å². The van der Waals surface area contributed by atoms with Gasteiger partial charge in [-0.2, -0.15) is 0 Å². The molecule has 0 radical (unpaired) electrons. The number of carbonyl (C=O) groups excluding carboxylic acids is 1. The Morgan fingerprint density at radius 3 is 3.00 bits per heavy atom. The highest BCUT2D eigenvalue weighted by atomic mass is 16.5. The smallest absolute Gasteiger partial charge is 0.309 e. The van der Waals surface area contributed by atoms with Gasteiger partial charge in [0.25, 0.3) is 5.56 Å². The number of hydrogen-bond acceptors (Lipinski definition) is 4. The summed E-state index contributed by atoms with van der Waals surface area (Å²) < 4.78 is 6.71. The summed E-state index contributed by atoms with van der Waals surface area (Å²) in [5.41, 5.74) is 1.84. The van der Waals surface area contributed by atoms with Gasteiger partial charge in [-0.15, -0.1) is 0 Å². The summed E-state index contributed by atoms with van der Waals surface area (Å²) in [6.45, 7) is 3.97. The van der Waals surface area contributed by atoms with Crippen LogP contribution in [-0.2, 0) is 16.1 Å². The molecule has 0 aliphatic heterocycles. The second-order valence-electron chi connectivity index (χ2n) is 5.40. The minimum absolute atomic E-state index is 0.0262. The van der Waals surface area contributed by atoms with Gasteiger partial charge in [-0.25, -0.2) is 4.98 Å². The van der Waals surface area contributed by atoms with Crippen molar-refractivity contribution < 1.29 is 9.53 Å². The van der Waals surface area contributed by atoms with E-state index >= 15 is 0 Å². The van der Waals surface area contributed by atoms with Crippen molar-refractivity contribution in [3.63, 3.8) is 0 Å². The number of esters is 1. The lowest BCUT2D eigenvalue weighted by Crippen LogP contribution is -2.17. The fourth-order valence-corrected chi connectivity index (χ4v) is 2.29. The van der Waals surface area contributed by atoms with E-state index in [1.165, 1.54) is 10.5 Å². The summed E-state index contributed by atoms with van der Waals surface area (Å²) in [6, 6.07) is 5.11. The number of aromatic nitrogens is 2. The van der Waals surface area contributed by atoms with Crippen molar-refractivity contribution in [1.29, 1.82) is 0 Å². The van der Waals surface area contributed by atoms with Crippen LogP contribution in [0.25, 0.3) is 5.65 Å². The predicted molar refractivity (Wildman–Crippen MR) is 73.3 cm³/mol. The summed E-state index contributed by atoms with van der Waals surface area (Å²) in [6.07, 6.45) is 2.57. The summed E-state index contributed by atoms with van der Waals surface area (Å²) in [5, 5.41) is 0. The maximum absolute atomic E-state index is 12.0. The van der Waals surface area contributed by atoms with Crippen molar-refractivity contribution in [3.05, 3.63) is 46.0 Å². The standard InChI is InChI=1S/C15H16N2O3/c1-9-4-3-5-17-13(18)7-11(16-14(9)17)8-20-15(19)12-6-10(12)2/h3-5,7,10,12H,6,8H2,1-2H3/t10-,12+/m0/s1.